The number of benzene rings is 2. The van der Waals surface area contributed by atoms with E-state index in [0.29, 0.717) is 0 Å². The third kappa shape index (κ3) is 3.76. The smallest absolute Gasteiger partial charge is 0.273 e. The maximum atomic E-state index is 12.0. The third-order valence-corrected chi connectivity index (χ3v) is 2.76. The molecule has 0 bridgehead atoms. The molecule has 1 atom stereocenters. The number of hydrazone groups is 1. The van der Waals surface area contributed by atoms with Crippen LogP contribution in [0, 0.1) is 0 Å². The molecule has 0 aliphatic rings. The zero-order valence-corrected chi connectivity index (χ0v) is 11.2. The van der Waals surface area contributed by atoms with Gasteiger partial charge in [0.25, 0.3) is 5.91 Å². The average molecular weight is 268 g/mol. The van der Waals surface area contributed by atoms with Gasteiger partial charge < -0.3 is 4.74 Å². The minimum Gasteiger partial charge on any atom is -0.367 e. The topological polar surface area (TPSA) is 50.7 Å². The number of amides is 1. The van der Waals surface area contributed by atoms with Crippen LogP contribution in [0.4, 0.5) is 0 Å². The fourth-order valence-electron chi connectivity index (χ4n) is 1.79. The van der Waals surface area contributed by atoms with Crippen molar-refractivity contribution in [1.29, 1.82) is 0 Å². The Hall–Kier alpha value is -2.46. The lowest BCUT2D eigenvalue weighted by Gasteiger charge is -2.13. The van der Waals surface area contributed by atoms with Crippen LogP contribution >= 0.6 is 0 Å². The number of hydrogen-bond donors (Lipinski definition) is 1. The highest BCUT2D eigenvalue weighted by Crippen LogP contribution is 2.15. The molecule has 0 unspecified atom stereocenters. The second-order valence-electron chi connectivity index (χ2n) is 4.17. The lowest BCUT2D eigenvalue weighted by molar-refractivity contribution is -0.131. The Bertz CT molecular complexity index is 568. The Morgan fingerprint density at radius 3 is 2.30 bits per heavy atom. The minimum absolute atomic E-state index is 0.300. The Balaban J connectivity index is 1.99. The number of nitrogens with one attached hydrogen (secondary N) is 1. The van der Waals surface area contributed by atoms with Gasteiger partial charge in [0, 0.05) is 7.11 Å². The molecule has 0 aromatic heterocycles. The lowest BCUT2D eigenvalue weighted by Crippen LogP contribution is -2.26. The van der Waals surface area contributed by atoms with E-state index >= 15 is 0 Å². The summed E-state index contributed by atoms with van der Waals surface area (Å²) in [4.78, 5) is 12.0. The highest BCUT2D eigenvalue weighted by molar-refractivity contribution is 5.85. The summed E-state index contributed by atoms with van der Waals surface area (Å²) in [5, 5.41) is 3.93. The maximum Gasteiger partial charge on any atom is 0.273 e. The van der Waals surface area contributed by atoms with E-state index in [1.165, 1.54) is 7.11 Å². The van der Waals surface area contributed by atoms with Crippen molar-refractivity contribution in [2.24, 2.45) is 5.10 Å². The van der Waals surface area contributed by atoms with Crippen LogP contribution in [-0.2, 0) is 9.53 Å². The monoisotopic (exact) mass is 268 g/mol. The van der Waals surface area contributed by atoms with Gasteiger partial charge in [0.1, 0.15) is 0 Å². The molecular formula is C16H16N2O2. The van der Waals surface area contributed by atoms with Crippen LogP contribution in [0.2, 0.25) is 0 Å². The van der Waals surface area contributed by atoms with Crippen LogP contribution in [0.3, 0.4) is 0 Å². The number of ether oxygens (including phenoxy) is 1. The first-order valence-electron chi connectivity index (χ1n) is 6.27. The summed E-state index contributed by atoms with van der Waals surface area (Å²) in [5.74, 6) is -0.300. The summed E-state index contributed by atoms with van der Waals surface area (Å²) in [5.41, 5.74) is 4.20. The Kier molecular flexibility index (Phi) is 5.03. The lowest BCUT2D eigenvalue weighted by atomic mass is 10.1. The van der Waals surface area contributed by atoms with Crippen molar-refractivity contribution >= 4 is 12.1 Å². The van der Waals surface area contributed by atoms with Gasteiger partial charge in [0.05, 0.1) is 6.21 Å². The molecule has 0 heterocycles. The normalized spacial score (nSPS) is 12.2. The van der Waals surface area contributed by atoms with Crippen molar-refractivity contribution < 1.29 is 9.53 Å². The number of carbonyl (C=O) groups is 1. The van der Waals surface area contributed by atoms with Gasteiger partial charge in [-0.3, -0.25) is 4.79 Å². The molecule has 0 saturated heterocycles. The number of rotatable bonds is 5. The first-order chi connectivity index (χ1) is 9.81. The molecule has 0 radical (unpaired) electrons. The summed E-state index contributed by atoms with van der Waals surface area (Å²) in [6.45, 7) is 0. The fraction of sp³-hybridized carbons (Fsp3) is 0.125. The molecule has 0 aliphatic carbocycles. The summed E-state index contributed by atoms with van der Waals surface area (Å²) in [7, 11) is 1.50. The average Bonchev–Trinajstić information content (AvgIpc) is 2.50. The van der Waals surface area contributed by atoms with E-state index in [-0.39, 0.29) is 5.91 Å². The van der Waals surface area contributed by atoms with Crippen molar-refractivity contribution in [3.8, 4) is 0 Å². The van der Waals surface area contributed by atoms with Crippen LogP contribution in [0.25, 0.3) is 0 Å². The van der Waals surface area contributed by atoms with Gasteiger partial charge in [0.2, 0.25) is 0 Å². The van der Waals surface area contributed by atoms with Crippen LogP contribution in [0.1, 0.15) is 17.2 Å². The number of nitrogens with zero attached hydrogens (tertiary/aromatic N) is 1. The third-order valence-electron chi connectivity index (χ3n) is 2.76. The van der Waals surface area contributed by atoms with Crippen molar-refractivity contribution in [1.82, 2.24) is 5.43 Å². The van der Waals surface area contributed by atoms with Gasteiger partial charge in [-0.2, -0.15) is 5.10 Å². The van der Waals surface area contributed by atoms with E-state index in [2.05, 4.69) is 10.5 Å². The molecule has 0 saturated carbocycles. The molecule has 1 N–H and O–H groups in total. The summed E-state index contributed by atoms with van der Waals surface area (Å²) in [6, 6.07) is 18.8. The quantitative estimate of drug-likeness (QED) is 0.669. The fourth-order valence-corrected chi connectivity index (χ4v) is 1.79. The standard InChI is InChI=1S/C16H16N2O2/c1-20-15(14-10-6-3-7-11-14)16(19)18-17-12-13-8-4-2-5-9-13/h2-12,15H,1H3,(H,18,19)/b17-12-/t15-/m0/s1. The van der Waals surface area contributed by atoms with Gasteiger partial charge in [-0.25, -0.2) is 5.43 Å². The van der Waals surface area contributed by atoms with Crippen molar-refractivity contribution in [2.75, 3.05) is 7.11 Å². The first kappa shape index (κ1) is 14.0. The molecule has 20 heavy (non-hydrogen) atoms. The van der Waals surface area contributed by atoms with Crippen molar-refractivity contribution in [2.45, 2.75) is 6.10 Å². The first-order valence-corrected chi connectivity index (χ1v) is 6.27. The van der Waals surface area contributed by atoms with Gasteiger partial charge >= 0.3 is 0 Å². The van der Waals surface area contributed by atoms with Crippen LogP contribution in [-0.4, -0.2) is 19.2 Å². The van der Waals surface area contributed by atoms with E-state index < -0.39 is 6.10 Å². The molecule has 1 amide bonds. The predicted molar refractivity (Wildman–Crippen MR) is 78.4 cm³/mol. The second kappa shape index (κ2) is 7.21. The minimum atomic E-state index is -0.663. The molecule has 4 heteroatoms. The van der Waals surface area contributed by atoms with E-state index in [1.54, 1.807) is 6.21 Å². The number of methoxy groups -OCH3 is 1. The van der Waals surface area contributed by atoms with E-state index in [9.17, 15) is 4.79 Å². The van der Waals surface area contributed by atoms with Gasteiger partial charge in [-0.15, -0.1) is 0 Å². The van der Waals surface area contributed by atoms with Crippen LogP contribution in [0.15, 0.2) is 65.8 Å². The van der Waals surface area contributed by atoms with E-state index in [1.807, 2.05) is 60.7 Å². The molecule has 0 aliphatic heterocycles. The van der Waals surface area contributed by atoms with Crippen molar-refractivity contribution in [3.63, 3.8) is 0 Å². The summed E-state index contributed by atoms with van der Waals surface area (Å²) < 4.78 is 5.21. The largest absolute Gasteiger partial charge is 0.367 e. The molecule has 2 rings (SSSR count). The Labute approximate surface area is 118 Å². The number of hydrogen-bond acceptors (Lipinski definition) is 3. The summed E-state index contributed by atoms with van der Waals surface area (Å²) >= 11 is 0. The van der Waals surface area contributed by atoms with Crippen LogP contribution < -0.4 is 5.43 Å². The molecule has 102 valence electrons. The number of carbonyl (C=O) groups excluding carboxylic acids is 1. The SMILES string of the molecule is CO[C@H](C(=O)N/N=C\c1ccccc1)c1ccccc1. The Morgan fingerprint density at radius 2 is 1.70 bits per heavy atom. The van der Waals surface area contributed by atoms with Gasteiger partial charge in [0.15, 0.2) is 6.10 Å². The highest BCUT2D eigenvalue weighted by Gasteiger charge is 2.18. The predicted octanol–water partition coefficient (Wildman–Crippen LogP) is 2.52. The zero-order chi connectivity index (χ0) is 14.2. The van der Waals surface area contributed by atoms with Gasteiger partial charge in [-0.05, 0) is 11.1 Å². The molecule has 2 aromatic carbocycles. The van der Waals surface area contributed by atoms with E-state index in [0.717, 1.165) is 11.1 Å². The molecular weight excluding hydrogens is 252 g/mol. The zero-order valence-electron chi connectivity index (χ0n) is 11.2. The van der Waals surface area contributed by atoms with Crippen molar-refractivity contribution in [3.05, 3.63) is 71.8 Å². The second-order valence-corrected chi connectivity index (χ2v) is 4.17. The Morgan fingerprint density at radius 1 is 1.10 bits per heavy atom. The van der Waals surface area contributed by atoms with Gasteiger partial charge in [-0.1, -0.05) is 60.7 Å². The summed E-state index contributed by atoms with van der Waals surface area (Å²) in [6.07, 6.45) is 0.930. The molecule has 2 aromatic rings. The molecule has 0 spiro atoms. The molecule has 0 fully saturated rings. The van der Waals surface area contributed by atoms with E-state index in [4.69, 9.17) is 4.74 Å². The molecule has 4 nitrogen and oxygen atoms in total. The highest BCUT2D eigenvalue weighted by atomic mass is 16.5. The van der Waals surface area contributed by atoms with Crippen LogP contribution in [0.5, 0.6) is 0 Å². The maximum absolute atomic E-state index is 12.0.